The highest BCUT2D eigenvalue weighted by atomic mass is 16.5. The van der Waals surface area contributed by atoms with Gasteiger partial charge in [0.15, 0.2) is 0 Å². The van der Waals surface area contributed by atoms with Gasteiger partial charge in [-0.1, -0.05) is 18.2 Å². The zero-order chi connectivity index (χ0) is 16.1. The molecule has 0 spiro atoms. The second-order valence-corrected chi connectivity index (χ2v) is 4.43. The molecule has 6 nitrogen and oxygen atoms in total. The number of hydrogen-bond acceptors (Lipinski definition) is 6. The second-order valence-electron chi connectivity index (χ2n) is 4.43. The number of hydrogen-bond donors (Lipinski definition) is 1. The SMILES string of the molecule is CCOC(=O)/C(C=Nc1cc2ccccc2oc1=O)=C(\C)O. The Labute approximate surface area is 126 Å². The summed E-state index contributed by atoms with van der Waals surface area (Å²) in [4.78, 5) is 27.4. The summed E-state index contributed by atoms with van der Waals surface area (Å²) < 4.78 is 9.93. The number of para-hydroxylation sites is 1. The lowest BCUT2D eigenvalue weighted by Gasteiger charge is -2.03. The predicted octanol–water partition coefficient (Wildman–Crippen LogP) is 2.89. The molecule has 0 aliphatic carbocycles. The third kappa shape index (κ3) is 3.41. The van der Waals surface area contributed by atoms with Crippen LogP contribution in [0.1, 0.15) is 13.8 Å². The molecular formula is C16H15NO5. The van der Waals surface area contributed by atoms with Crippen LogP contribution in [0.2, 0.25) is 0 Å². The van der Waals surface area contributed by atoms with Crippen LogP contribution in [0, 0.1) is 0 Å². The van der Waals surface area contributed by atoms with Crippen LogP contribution in [0.25, 0.3) is 11.0 Å². The number of rotatable bonds is 4. The summed E-state index contributed by atoms with van der Waals surface area (Å²) in [6, 6.07) is 8.55. The van der Waals surface area contributed by atoms with Crippen LogP contribution in [0.4, 0.5) is 5.69 Å². The molecule has 0 aliphatic rings. The molecule has 0 atom stereocenters. The van der Waals surface area contributed by atoms with Crippen molar-refractivity contribution in [2.24, 2.45) is 4.99 Å². The Kier molecular flexibility index (Phi) is 4.73. The van der Waals surface area contributed by atoms with Gasteiger partial charge in [0.1, 0.15) is 22.6 Å². The van der Waals surface area contributed by atoms with Crippen molar-refractivity contribution in [2.45, 2.75) is 13.8 Å². The van der Waals surface area contributed by atoms with Crippen LogP contribution in [-0.4, -0.2) is 23.9 Å². The highest BCUT2D eigenvalue weighted by molar-refractivity contribution is 6.10. The molecule has 1 aromatic carbocycles. The molecule has 0 fully saturated rings. The predicted molar refractivity (Wildman–Crippen MR) is 82.6 cm³/mol. The van der Waals surface area contributed by atoms with E-state index in [0.29, 0.717) is 11.0 Å². The van der Waals surface area contributed by atoms with Crippen LogP contribution < -0.4 is 5.63 Å². The molecular weight excluding hydrogens is 286 g/mol. The molecule has 0 aliphatic heterocycles. The first-order chi connectivity index (χ1) is 10.5. The van der Waals surface area contributed by atoms with Crippen molar-refractivity contribution in [3.05, 3.63) is 52.1 Å². The molecule has 0 unspecified atom stereocenters. The van der Waals surface area contributed by atoms with E-state index in [1.807, 2.05) is 0 Å². The first-order valence-electron chi connectivity index (χ1n) is 6.67. The second kappa shape index (κ2) is 6.71. The van der Waals surface area contributed by atoms with E-state index >= 15 is 0 Å². The van der Waals surface area contributed by atoms with Crippen LogP contribution in [0.3, 0.4) is 0 Å². The smallest absolute Gasteiger partial charge is 0.362 e. The minimum absolute atomic E-state index is 0.0294. The van der Waals surface area contributed by atoms with Crippen molar-refractivity contribution in [1.29, 1.82) is 0 Å². The third-order valence-electron chi connectivity index (χ3n) is 2.84. The Morgan fingerprint density at radius 2 is 2.14 bits per heavy atom. The Morgan fingerprint density at radius 3 is 2.82 bits per heavy atom. The fourth-order valence-corrected chi connectivity index (χ4v) is 1.78. The van der Waals surface area contributed by atoms with E-state index in [4.69, 9.17) is 9.15 Å². The molecule has 6 heteroatoms. The number of allylic oxidation sites excluding steroid dienone is 1. The van der Waals surface area contributed by atoms with Gasteiger partial charge < -0.3 is 14.3 Å². The van der Waals surface area contributed by atoms with Crippen molar-refractivity contribution in [3.63, 3.8) is 0 Å². The summed E-state index contributed by atoms with van der Waals surface area (Å²) in [5.41, 5.74) is -0.268. The van der Waals surface area contributed by atoms with Crippen LogP contribution in [0.15, 0.2) is 55.9 Å². The Hall–Kier alpha value is -2.89. The van der Waals surface area contributed by atoms with E-state index < -0.39 is 11.6 Å². The van der Waals surface area contributed by atoms with Gasteiger partial charge in [0.05, 0.1) is 6.61 Å². The van der Waals surface area contributed by atoms with E-state index in [-0.39, 0.29) is 23.6 Å². The van der Waals surface area contributed by atoms with Gasteiger partial charge in [-0.25, -0.2) is 14.6 Å². The van der Waals surface area contributed by atoms with Gasteiger partial charge in [-0.05, 0) is 26.0 Å². The molecule has 22 heavy (non-hydrogen) atoms. The molecule has 0 bridgehead atoms. The van der Waals surface area contributed by atoms with Gasteiger partial charge in [0.2, 0.25) is 0 Å². The standard InChI is InChI=1S/C16H15NO5/c1-3-21-15(19)12(10(2)18)9-17-13-8-11-6-4-5-7-14(11)22-16(13)20/h4-9,18H,3H2,1-2H3/b12-10+,17-9?. The molecule has 1 N–H and O–H groups in total. The van der Waals surface area contributed by atoms with Gasteiger partial charge in [-0.2, -0.15) is 0 Å². The van der Waals surface area contributed by atoms with E-state index in [2.05, 4.69) is 4.99 Å². The molecule has 0 amide bonds. The van der Waals surface area contributed by atoms with E-state index in [1.165, 1.54) is 6.92 Å². The highest BCUT2D eigenvalue weighted by Crippen LogP contribution is 2.17. The zero-order valence-electron chi connectivity index (χ0n) is 12.2. The topological polar surface area (TPSA) is 89.1 Å². The number of nitrogens with zero attached hydrogens (tertiary/aromatic N) is 1. The van der Waals surface area contributed by atoms with Gasteiger partial charge in [0.25, 0.3) is 0 Å². The number of benzene rings is 1. The average molecular weight is 301 g/mol. The van der Waals surface area contributed by atoms with Crippen LogP contribution in [-0.2, 0) is 9.53 Å². The molecule has 0 radical (unpaired) electrons. The normalized spacial score (nSPS) is 12.5. The number of carbonyl (C=O) groups is 1. The number of aliphatic hydroxyl groups is 1. The molecule has 0 saturated carbocycles. The largest absolute Gasteiger partial charge is 0.512 e. The van der Waals surface area contributed by atoms with Gasteiger partial charge in [-0.15, -0.1) is 0 Å². The molecule has 114 valence electrons. The lowest BCUT2D eigenvalue weighted by atomic mass is 10.2. The minimum atomic E-state index is -0.712. The van der Waals surface area contributed by atoms with Gasteiger partial charge in [0, 0.05) is 11.6 Å². The first kappa shape index (κ1) is 15.5. The fourth-order valence-electron chi connectivity index (χ4n) is 1.78. The maximum absolute atomic E-state index is 11.8. The number of esters is 1. The summed E-state index contributed by atoms with van der Waals surface area (Å²) in [7, 11) is 0. The van der Waals surface area contributed by atoms with Crippen LogP contribution >= 0.6 is 0 Å². The van der Waals surface area contributed by atoms with Crippen LogP contribution in [0.5, 0.6) is 0 Å². The van der Waals surface area contributed by atoms with Gasteiger partial charge >= 0.3 is 11.6 Å². The molecule has 1 heterocycles. The molecule has 2 rings (SSSR count). The summed E-state index contributed by atoms with van der Waals surface area (Å²) >= 11 is 0. The Bertz CT molecular complexity index is 813. The van der Waals surface area contributed by atoms with Crippen molar-refractivity contribution >= 4 is 28.8 Å². The fraction of sp³-hybridized carbons (Fsp3) is 0.188. The molecule has 0 saturated heterocycles. The number of carbonyl (C=O) groups excluding carboxylic acids is 1. The zero-order valence-corrected chi connectivity index (χ0v) is 12.2. The number of fused-ring (bicyclic) bond motifs is 1. The molecule has 2 aromatic rings. The van der Waals surface area contributed by atoms with Crippen molar-refractivity contribution in [1.82, 2.24) is 0 Å². The average Bonchev–Trinajstić information content (AvgIpc) is 2.47. The van der Waals surface area contributed by atoms with E-state index in [0.717, 1.165) is 6.21 Å². The van der Waals surface area contributed by atoms with Crippen molar-refractivity contribution in [2.75, 3.05) is 6.61 Å². The van der Waals surface area contributed by atoms with Crippen molar-refractivity contribution < 1.29 is 19.1 Å². The first-order valence-corrected chi connectivity index (χ1v) is 6.67. The lowest BCUT2D eigenvalue weighted by Crippen LogP contribution is -2.11. The summed E-state index contributed by atoms with van der Waals surface area (Å²) in [5.74, 6) is -0.955. The third-order valence-corrected chi connectivity index (χ3v) is 2.84. The van der Waals surface area contributed by atoms with E-state index in [9.17, 15) is 14.7 Å². The quantitative estimate of drug-likeness (QED) is 0.308. The maximum Gasteiger partial charge on any atom is 0.362 e. The maximum atomic E-state index is 11.8. The summed E-state index contributed by atoms with van der Waals surface area (Å²) in [5, 5.41) is 10.2. The van der Waals surface area contributed by atoms with Crippen molar-refractivity contribution in [3.8, 4) is 0 Å². The number of aliphatic imine (C=N–C) groups is 1. The summed E-state index contributed by atoms with van der Waals surface area (Å²) in [6.07, 6.45) is 1.09. The highest BCUT2D eigenvalue weighted by Gasteiger charge is 2.12. The van der Waals surface area contributed by atoms with E-state index in [1.54, 1.807) is 37.3 Å². The lowest BCUT2D eigenvalue weighted by molar-refractivity contribution is -0.138. The number of ether oxygens (including phenoxy) is 1. The Balaban J connectivity index is 2.40. The number of aliphatic hydroxyl groups excluding tert-OH is 1. The summed E-state index contributed by atoms with van der Waals surface area (Å²) in [6.45, 7) is 3.15. The minimum Gasteiger partial charge on any atom is -0.512 e. The Morgan fingerprint density at radius 1 is 1.41 bits per heavy atom. The van der Waals surface area contributed by atoms with Gasteiger partial charge in [-0.3, -0.25) is 0 Å². The monoisotopic (exact) mass is 301 g/mol. The molecule has 1 aromatic heterocycles.